The third-order valence-corrected chi connectivity index (χ3v) is 6.33. The molecule has 0 unspecified atom stereocenters. The van der Waals surface area contributed by atoms with Crippen LogP contribution in [0.2, 0.25) is 0 Å². The SMILES string of the molecule is C[C@H](CNC(=O)OC(C)(C)C)Nc1nc(SCc2cccc(F)c2F)nc2nc(Br)sc12. The third kappa shape index (κ3) is 6.72. The Kier molecular flexibility index (Phi) is 7.88. The van der Waals surface area contributed by atoms with Crippen molar-refractivity contribution >= 4 is 61.3 Å². The van der Waals surface area contributed by atoms with Crippen LogP contribution in [0.1, 0.15) is 33.3 Å². The number of anilines is 1. The summed E-state index contributed by atoms with van der Waals surface area (Å²) in [6.45, 7) is 7.57. The van der Waals surface area contributed by atoms with Crippen LogP contribution in [0.5, 0.6) is 0 Å². The quantitative estimate of drug-likeness (QED) is 0.289. The first-order chi connectivity index (χ1) is 15.0. The number of alkyl carbamates (subject to hydrolysis) is 1. The predicted molar refractivity (Wildman–Crippen MR) is 126 cm³/mol. The van der Waals surface area contributed by atoms with Gasteiger partial charge in [-0.25, -0.2) is 28.5 Å². The highest BCUT2D eigenvalue weighted by atomic mass is 79.9. The number of fused-ring (bicyclic) bond motifs is 1. The molecule has 0 saturated heterocycles. The zero-order valence-corrected chi connectivity index (χ0v) is 21.1. The fourth-order valence-corrected chi connectivity index (χ4v) is 4.73. The lowest BCUT2D eigenvalue weighted by molar-refractivity contribution is 0.0526. The molecule has 0 saturated carbocycles. The van der Waals surface area contributed by atoms with Crippen molar-refractivity contribution in [2.45, 2.75) is 50.2 Å². The Morgan fingerprint density at radius 2 is 2.03 bits per heavy atom. The van der Waals surface area contributed by atoms with Gasteiger partial charge in [-0.15, -0.1) is 11.3 Å². The molecule has 172 valence electrons. The van der Waals surface area contributed by atoms with Crippen LogP contribution in [0.15, 0.2) is 27.3 Å². The molecular formula is C20H22BrF2N5O2S2. The van der Waals surface area contributed by atoms with Crippen LogP contribution < -0.4 is 10.6 Å². The standard InChI is InChI=1S/C20H22BrF2N5O2S2/c1-10(8-24-19(29)30-20(2,3)4)25-15-14-16(26-17(21)32-14)28-18(27-15)31-9-11-6-5-7-12(22)13(11)23/h5-7,10H,8-9H2,1-4H3,(H,24,29)(H,25,27,28)/t10-/m1/s1. The number of halogens is 3. The van der Waals surface area contributed by atoms with Crippen molar-refractivity contribution in [3.05, 3.63) is 39.3 Å². The van der Waals surface area contributed by atoms with E-state index in [1.165, 1.54) is 35.2 Å². The van der Waals surface area contributed by atoms with Crippen LogP contribution >= 0.6 is 39.0 Å². The Morgan fingerprint density at radius 3 is 2.75 bits per heavy atom. The van der Waals surface area contributed by atoms with E-state index in [9.17, 15) is 13.6 Å². The highest BCUT2D eigenvalue weighted by molar-refractivity contribution is 9.11. The van der Waals surface area contributed by atoms with E-state index in [4.69, 9.17) is 4.74 Å². The van der Waals surface area contributed by atoms with Crippen LogP contribution in [0, 0.1) is 11.6 Å². The highest BCUT2D eigenvalue weighted by Crippen LogP contribution is 2.33. The number of hydrogen-bond donors (Lipinski definition) is 2. The maximum Gasteiger partial charge on any atom is 0.407 e. The van der Waals surface area contributed by atoms with Crippen molar-refractivity contribution < 1.29 is 18.3 Å². The van der Waals surface area contributed by atoms with E-state index in [2.05, 4.69) is 41.5 Å². The van der Waals surface area contributed by atoms with Crippen molar-refractivity contribution in [3.63, 3.8) is 0 Å². The summed E-state index contributed by atoms with van der Waals surface area (Å²) in [4.78, 5) is 25.2. The maximum atomic E-state index is 14.0. The molecule has 3 rings (SSSR count). The van der Waals surface area contributed by atoms with Gasteiger partial charge in [0, 0.05) is 23.9 Å². The zero-order chi connectivity index (χ0) is 23.5. The highest BCUT2D eigenvalue weighted by Gasteiger charge is 2.18. The minimum Gasteiger partial charge on any atom is -0.444 e. The molecule has 0 radical (unpaired) electrons. The maximum absolute atomic E-state index is 14.0. The molecule has 1 atom stereocenters. The summed E-state index contributed by atoms with van der Waals surface area (Å²) in [5, 5.41) is 6.34. The number of thioether (sulfide) groups is 1. The molecule has 2 N–H and O–H groups in total. The van der Waals surface area contributed by atoms with Gasteiger partial charge < -0.3 is 15.4 Å². The lowest BCUT2D eigenvalue weighted by Gasteiger charge is -2.21. The molecule has 0 aliphatic heterocycles. The monoisotopic (exact) mass is 545 g/mol. The molecule has 3 aromatic rings. The van der Waals surface area contributed by atoms with Crippen molar-refractivity contribution in [2.24, 2.45) is 0 Å². The fourth-order valence-electron chi connectivity index (χ4n) is 2.58. The number of carbonyl (C=O) groups is 1. The largest absolute Gasteiger partial charge is 0.444 e. The number of ether oxygens (including phenoxy) is 1. The average molecular weight is 546 g/mol. The van der Waals surface area contributed by atoms with Gasteiger partial charge in [0.15, 0.2) is 32.2 Å². The second kappa shape index (κ2) is 10.3. The van der Waals surface area contributed by atoms with E-state index in [0.717, 1.165) is 10.8 Å². The molecule has 0 aliphatic carbocycles. The first-order valence-electron chi connectivity index (χ1n) is 9.65. The lowest BCUT2D eigenvalue weighted by Crippen LogP contribution is -2.38. The van der Waals surface area contributed by atoms with E-state index in [1.54, 1.807) is 20.8 Å². The number of thiazole rings is 1. The molecule has 0 spiro atoms. The van der Waals surface area contributed by atoms with Gasteiger partial charge in [-0.2, -0.15) is 0 Å². The van der Waals surface area contributed by atoms with Gasteiger partial charge in [0.25, 0.3) is 0 Å². The first-order valence-corrected chi connectivity index (χ1v) is 12.2. The summed E-state index contributed by atoms with van der Waals surface area (Å²) in [5.74, 6) is -1.07. The van der Waals surface area contributed by atoms with Gasteiger partial charge in [-0.1, -0.05) is 23.9 Å². The summed E-state index contributed by atoms with van der Waals surface area (Å²) in [6.07, 6.45) is -0.507. The second-order valence-corrected chi connectivity index (χ2v) is 11.1. The summed E-state index contributed by atoms with van der Waals surface area (Å²) >= 11 is 5.91. The molecule has 0 bridgehead atoms. The van der Waals surface area contributed by atoms with E-state index < -0.39 is 23.3 Å². The van der Waals surface area contributed by atoms with Crippen LogP contribution in [-0.4, -0.2) is 39.2 Å². The molecule has 12 heteroatoms. The predicted octanol–water partition coefficient (Wildman–Crippen LogP) is 5.74. The topological polar surface area (TPSA) is 89.0 Å². The Bertz CT molecular complexity index is 1120. The lowest BCUT2D eigenvalue weighted by atomic mass is 10.2. The van der Waals surface area contributed by atoms with E-state index in [0.29, 0.717) is 27.1 Å². The molecule has 2 aromatic heterocycles. The number of hydrogen-bond acceptors (Lipinski definition) is 8. The van der Waals surface area contributed by atoms with Crippen LogP contribution in [0.4, 0.5) is 19.4 Å². The number of amides is 1. The van der Waals surface area contributed by atoms with Gasteiger partial charge in [-0.05, 0) is 49.7 Å². The second-order valence-electron chi connectivity index (χ2n) is 7.90. The van der Waals surface area contributed by atoms with E-state index >= 15 is 0 Å². The summed E-state index contributed by atoms with van der Waals surface area (Å²) in [6, 6.07) is 3.88. The van der Waals surface area contributed by atoms with Crippen molar-refractivity contribution in [1.29, 1.82) is 0 Å². The Labute approximate surface area is 200 Å². The molecule has 7 nitrogen and oxygen atoms in total. The van der Waals surface area contributed by atoms with Crippen LogP contribution in [-0.2, 0) is 10.5 Å². The van der Waals surface area contributed by atoms with Crippen LogP contribution in [0.3, 0.4) is 0 Å². The van der Waals surface area contributed by atoms with Crippen molar-refractivity contribution in [2.75, 3.05) is 11.9 Å². The smallest absolute Gasteiger partial charge is 0.407 e. The summed E-state index contributed by atoms with van der Waals surface area (Å²) < 4.78 is 34.1. The number of carbonyl (C=O) groups excluding carboxylic acids is 1. The first kappa shape index (κ1) is 24.6. The van der Waals surface area contributed by atoms with Gasteiger partial charge in [-0.3, -0.25) is 0 Å². The normalized spacial score (nSPS) is 12.6. The minimum absolute atomic E-state index is 0.162. The molecule has 1 amide bonds. The summed E-state index contributed by atoms with van der Waals surface area (Å²) in [7, 11) is 0. The van der Waals surface area contributed by atoms with E-state index in [-0.39, 0.29) is 17.4 Å². The number of nitrogens with zero attached hydrogens (tertiary/aromatic N) is 3. The Morgan fingerprint density at radius 1 is 1.28 bits per heavy atom. The van der Waals surface area contributed by atoms with Crippen molar-refractivity contribution in [3.8, 4) is 0 Å². The Hall–Kier alpha value is -2.05. The van der Waals surface area contributed by atoms with Crippen LogP contribution in [0.25, 0.3) is 10.3 Å². The number of aromatic nitrogens is 3. The molecular weight excluding hydrogens is 524 g/mol. The van der Waals surface area contributed by atoms with Gasteiger partial charge in [0.05, 0.1) is 0 Å². The minimum atomic E-state index is -0.892. The van der Waals surface area contributed by atoms with Gasteiger partial charge in [0.1, 0.15) is 10.3 Å². The average Bonchev–Trinajstić information content (AvgIpc) is 3.07. The summed E-state index contributed by atoms with van der Waals surface area (Å²) in [5.41, 5.74) is 0.123. The fraction of sp³-hybridized carbons (Fsp3) is 0.400. The van der Waals surface area contributed by atoms with Gasteiger partial charge in [0.2, 0.25) is 0 Å². The number of benzene rings is 1. The zero-order valence-electron chi connectivity index (χ0n) is 17.8. The Balaban J connectivity index is 1.73. The van der Waals surface area contributed by atoms with E-state index in [1.807, 2.05) is 6.92 Å². The molecule has 0 fully saturated rings. The third-order valence-electron chi connectivity index (χ3n) is 3.93. The molecule has 2 heterocycles. The number of nitrogens with one attached hydrogen (secondary N) is 2. The van der Waals surface area contributed by atoms with Crippen molar-refractivity contribution in [1.82, 2.24) is 20.3 Å². The molecule has 0 aliphatic rings. The number of rotatable bonds is 7. The molecule has 32 heavy (non-hydrogen) atoms. The molecule has 1 aromatic carbocycles. The van der Waals surface area contributed by atoms with Gasteiger partial charge >= 0.3 is 6.09 Å².